The zero-order valence-corrected chi connectivity index (χ0v) is 12.2. The third-order valence-electron chi connectivity index (χ3n) is 3.16. The smallest absolute Gasteiger partial charge is 0.266 e. The summed E-state index contributed by atoms with van der Waals surface area (Å²) < 4.78 is 5.68. The summed E-state index contributed by atoms with van der Waals surface area (Å²) in [6.07, 6.45) is 1.73. The molecule has 0 unspecified atom stereocenters. The van der Waals surface area contributed by atoms with E-state index in [1.54, 1.807) is 11.1 Å². The topological polar surface area (TPSA) is 55.3 Å². The quantitative estimate of drug-likeness (QED) is 0.868. The molecule has 1 aliphatic heterocycles. The van der Waals surface area contributed by atoms with Gasteiger partial charge in [-0.25, -0.2) is 9.97 Å². The molecule has 0 bridgehead atoms. The van der Waals surface area contributed by atoms with Crippen LogP contribution < -0.4 is 4.74 Å². The Morgan fingerprint density at radius 3 is 2.80 bits per heavy atom. The van der Waals surface area contributed by atoms with Gasteiger partial charge in [-0.05, 0) is 19.9 Å². The van der Waals surface area contributed by atoms with Gasteiger partial charge in [0, 0.05) is 12.3 Å². The van der Waals surface area contributed by atoms with E-state index in [4.69, 9.17) is 4.74 Å². The number of ether oxygens (including phenoxy) is 1. The monoisotopic (exact) mass is 289 g/mol. The van der Waals surface area contributed by atoms with Crippen LogP contribution in [-0.2, 0) is 0 Å². The van der Waals surface area contributed by atoms with Crippen molar-refractivity contribution in [3.8, 4) is 5.88 Å². The molecule has 104 valence electrons. The number of thiazole rings is 1. The van der Waals surface area contributed by atoms with E-state index in [9.17, 15) is 4.79 Å². The maximum absolute atomic E-state index is 12.3. The van der Waals surface area contributed by atoms with Gasteiger partial charge in [-0.1, -0.05) is 6.07 Å². The molecule has 0 aliphatic carbocycles. The van der Waals surface area contributed by atoms with Crippen LogP contribution in [0.2, 0.25) is 0 Å². The highest BCUT2D eigenvalue weighted by Crippen LogP contribution is 2.23. The van der Waals surface area contributed by atoms with Crippen molar-refractivity contribution in [2.24, 2.45) is 0 Å². The number of likely N-dealkylation sites (tertiary alicyclic amines) is 1. The van der Waals surface area contributed by atoms with E-state index < -0.39 is 0 Å². The van der Waals surface area contributed by atoms with Crippen LogP contribution in [0.3, 0.4) is 0 Å². The molecule has 0 spiro atoms. The Morgan fingerprint density at radius 2 is 2.20 bits per heavy atom. The second kappa shape index (κ2) is 5.20. The lowest BCUT2D eigenvalue weighted by Gasteiger charge is -2.38. The van der Waals surface area contributed by atoms with E-state index in [0.29, 0.717) is 19.0 Å². The number of rotatable bonds is 3. The number of carbonyl (C=O) groups is 1. The van der Waals surface area contributed by atoms with Crippen molar-refractivity contribution in [2.75, 3.05) is 13.1 Å². The molecule has 1 aliphatic rings. The Kier molecular flexibility index (Phi) is 3.40. The molecule has 1 saturated heterocycles. The summed E-state index contributed by atoms with van der Waals surface area (Å²) in [7, 11) is 0. The molecule has 3 heterocycles. The van der Waals surface area contributed by atoms with Gasteiger partial charge < -0.3 is 9.64 Å². The Bertz CT molecular complexity index is 621. The van der Waals surface area contributed by atoms with Crippen molar-refractivity contribution in [1.29, 1.82) is 0 Å². The van der Waals surface area contributed by atoms with Gasteiger partial charge in [0.15, 0.2) is 0 Å². The summed E-state index contributed by atoms with van der Waals surface area (Å²) >= 11 is 1.45. The first-order chi connectivity index (χ1) is 9.63. The number of aromatic nitrogens is 2. The number of hydrogen-bond acceptors (Lipinski definition) is 5. The number of pyridine rings is 1. The summed E-state index contributed by atoms with van der Waals surface area (Å²) in [4.78, 5) is 23.2. The average Bonchev–Trinajstić information content (AvgIpc) is 2.73. The SMILES string of the molecule is Cc1nc(C)c(C(=O)N2CC(Oc3ccccn3)C2)s1. The molecule has 2 aromatic rings. The molecular formula is C14H15N3O2S. The summed E-state index contributed by atoms with van der Waals surface area (Å²) in [6.45, 7) is 4.99. The number of aryl methyl sites for hydroxylation is 2. The Labute approximate surface area is 121 Å². The van der Waals surface area contributed by atoms with Crippen molar-refractivity contribution in [3.05, 3.63) is 40.0 Å². The van der Waals surface area contributed by atoms with Crippen molar-refractivity contribution < 1.29 is 9.53 Å². The minimum Gasteiger partial charge on any atom is -0.471 e. The molecule has 2 aromatic heterocycles. The van der Waals surface area contributed by atoms with Crippen molar-refractivity contribution in [2.45, 2.75) is 20.0 Å². The molecule has 20 heavy (non-hydrogen) atoms. The molecule has 1 amide bonds. The standard InChI is InChI=1S/C14H15N3O2S/c1-9-13(20-10(2)16-9)14(18)17-7-11(8-17)19-12-5-3-4-6-15-12/h3-6,11H,7-8H2,1-2H3. The molecule has 0 atom stereocenters. The van der Waals surface area contributed by atoms with Gasteiger partial charge in [0.05, 0.1) is 23.8 Å². The molecule has 0 radical (unpaired) electrons. The van der Waals surface area contributed by atoms with Gasteiger partial charge in [-0.15, -0.1) is 11.3 Å². The van der Waals surface area contributed by atoms with E-state index >= 15 is 0 Å². The zero-order valence-electron chi connectivity index (χ0n) is 11.4. The summed E-state index contributed by atoms with van der Waals surface area (Å²) in [5, 5.41) is 0.924. The number of hydrogen-bond donors (Lipinski definition) is 0. The highest BCUT2D eigenvalue weighted by atomic mass is 32.1. The number of carbonyl (C=O) groups excluding carboxylic acids is 1. The van der Waals surface area contributed by atoms with E-state index in [1.807, 2.05) is 32.0 Å². The van der Waals surface area contributed by atoms with Crippen LogP contribution >= 0.6 is 11.3 Å². The predicted molar refractivity (Wildman–Crippen MR) is 76.1 cm³/mol. The van der Waals surface area contributed by atoms with Gasteiger partial charge in [-0.2, -0.15) is 0 Å². The van der Waals surface area contributed by atoms with Gasteiger partial charge >= 0.3 is 0 Å². The summed E-state index contributed by atoms with van der Waals surface area (Å²) in [5.41, 5.74) is 0.812. The van der Waals surface area contributed by atoms with Crippen molar-refractivity contribution >= 4 is 17.2 Å². The minimum absolute atomic E-state index is 0.0307. The first-order valence-electron chi connectivity index (χ1n) is 6.44. The van der Waals surface area contributed by atoms with E-state index in [-0.39, 0.29) is 12.0 Å². The Morgan fingerprint density at radius 1 is 1.40 bits per heavy atom. The van der Waals surface area contributed by atoms with Gasteiger partial charge in [-0.3, -0.25) is 4.79 Å². The molecular weight excluding hydrogens is 274 g/mol. The van der Waals surface area contributed by atoms with Crippen LogP contribution in [0.5, 0.6) is 5.88 Å². The zero-order chi connectivity index (χ0) is 14.1. The third kappa shape index (κ3) is 2.51. The van der Waals surface area contributed by atoms with Gasteiger partial charge in [0.2, 0.25) is 5.88 Å². The first kappa shape index (κ1) is 13.1. The van der Waals surface area contributed by atoms with E-state index in [1.165, 1.54) is 11.3 Å². The highest BCUT2D eigenvalue weighted by Gasteiger charge is 2.34. The summed E-state index contributed by atoms with van der Waals surface area (Å²) in [5.74, 6) is 0.656. The normalized spacial score (nSPS) is 15.0. The fraction of sp³-hybridized carbons (Fsp3) is 0.357. The van der Waals surface area contributed by atoms with Crippen LogP contribution in [0.1, 0.15) is 20.4 Å². The maximum Gasteiger partial charge on any atom is 0.266 e. The van der Waals surface area contributed by atoms with Crippen LogP contribution in [-0.4, -0.2) is 40.0 Å². The number of amides is 1. The molecule has 6 heteroatoms. The van der Waals surface area contributed by atoms with Crippen molar-refractivity contribution in [3.63, 3.8) is 0 Å². The summed E-state index contributed by atoms with van der Waals surface area (Å²) in [6, 6.07) is 5.55. The van der Waals surface area contributed by atoms with Crippen LogP contribution in [0.25, 0.3) is 0 Å². The lowest BCUT2D eigenvalue weighted by atomic mass is 10.1. The van der Waals surface area contributed by atoms with Crippen LogP contribution in [0.15, 0.2) is 24.4 Å². The fourth-order valence-corrected chi connectivity index (χ4v) is 3.03. The lowest BCUT2D eigenvalue weighted by Crippen LogP contribution is -2.56. The number of nitrogens with zero attached hydrogens (tertiary/aromatic N) is 3. The second-order valence-corrected chi connectivity index (χ2v) is 5.97. The molecule has 5 nitrogen and oxygen atoms in total. The Balaban J connectivity index is 1.58. The molecule has 0 saturated carbocycles. The molecule has 0 aromatic carbocycles. The third-order valence-corrected chi connectivity index (χ3v) is 4.22. The Hall–Kier alpha value is -1.95. The van der Waals surface area contributed by atoms with Crippen LogP contribution in [0.4, 0.5) is 0 Å². The van der Waals surface area contributed by atoms with Gasteiger partial charge in [0.25, 0.3) is 5.91 Å². The average molecular weight is 289 g/mol. The molecule has 1 fully saturated rings. The minimum atomic E-state index is 0.0307. The van der Waals surface area contributed by atoms with Gasteiger partial charge in [0.1, 0.15) is 11.0 Å². The second-order valence-electron chi connectivity index (χ2n) is 4.77. The highest BCUT2D eigenvalue weighted by molar-refractivity contribution is 7.13. The predicted octanol–water partition coefficient (Wildman–Crippen LogP) is 2.06. The first-order valence-corrected chi connectivity index (χ1v) is 7.26. The van der Waals surface area contributed by atoms with Crippen LogP contribution in [0, 0.1) is 13.8 Å². The largest absolute Gasteiger partial charge is 0.471 e. The maximum atomic E-state index is 12.3. The van der Waals surface area contributed by atoms with E-state index in [0.717, 1.165) is 15.6 Å². The van der Waals surface area contributed by atoms with Crippen molar-refractivity contribution in [1.82, 2.24) is 14.9 Å². The molecule has 0 N–H and O–H groups in total. The molecule has 3 rings (SSSR count). The van der Waals surface area contributed by atoms with E-state index in [2.05, 4.69) is 9.97 Å². The fourth-order valence-electron chi connectivity index (χ4n) is 2.14. The lowest BCUT2D eigenvalue weighted by molar-refractivity contribution is 0.0163.